The van der Waals surface area contributed by atoms with Crippen molar-refractivity contribution in [1.29, 1.82) is 0 Å². The zero-order chi connectivity index (χ0) is 20.0. The van der Waals surface area contributed by atoms with E-state index in [2.05, 4.69) is 15.6 Å². The van der Waals surface area contributed by atoms with E-state index < -0.39 is 5.60 Å². The Balaban J connectivity index is 1.64. The van der Waals surface area contributed by atoms with Gasteiger partial charge in [-0.15, -0.1) is 0 Å². The summed E-state index contributed by atoms with van der Waals surface area (Å²) in [4.78, 5) is 4.67. The number of nitrogens with zero attached hydrogens (tertiary/aromatic N) is 1. The van der Waals surface area contributed by atoms with E-state index in [4.69, 9.17) is 9.15 Å². The van der Waals surface area contributed by atoms with Crippen LogP contribution in [0.2, 0.25) is 0 Å². The molecule has 1 aromatic carbocycles. The molecule has 1 heterocycles. The first-order valence-corrected chi connectivity index (χ1v) is 10.0. The minimum atomic E-state index is -1.13. The summed E-state index contributed by atoms with van der Waals surface area (Å²) in [7, 11) is 0. The van der Waals surface area contributed by atoms with Crippen molar-refractivity contribution in [1.82, 2.24) is 10.6 Å². The average molecular weight is 386 g/mol. The molecule has 1 unspecified atom stereocenters. The molecule has 2 aromatic rings. The summed E-state index contributed by atoms with van der Waals surface area (Å²) in [5.74, 6) is 2.86. The summed E-state index contributed by atoms with van der Waals surface area (Å²) >= 11 is 0. The average Bonchev–Trinajstić information content (AvgIpc) is 3.09. The minimum absolute atomic E-state index is 0.284. The van der Waals surface area contributed by atoms with Crippen LogP contribution < -0.4 is 15.4 Å². The number of benzene rings is 1. The number of rotatable bonds is 8. The standard InChI is InChI=1S/C22H31N3O3/c1-4-23-21(25-15-22(3,26)20-13-12-16(2)27-20)24-14-17-8-5-6-11-19(17)28-18-9-7-10-18/h5-6,8,11-13,18,26H,4,7,9-10,14-15H2,1-3H3,(H2,23,24,25). The molecule has 0 radical (unpaired) electrons. The molecule has 1 saturated carbocycles. The summed E-state index contributed by atoms with van der Waals surface area (Å²) in [5, 5.41) is 17.1. The van der Waals surface area contributed by atoms with Crippen LogP contribution in [0.5, 0.6) is 5.75 Å². The smallest absolute Gasteiger partial charge is 0.191 e. The molecular formula is C22H31N3O3. The van der Waals surface area contributed by atoms with Gasteiger partial charge in [0.1, 0.15) is 22.9 Å². The molecule has 0 bridgehead atoms. The molecule has 3 rings (SSSR count). The van der Waals surface area contributed by atoms with Gasteiger partial charge in [-0.2, -0.15) is 0 Å². The molecule has 28 heavy (non-hydrogen) atoms. The number of aliphatic hydroxyl groups is 1. The van der Waals surface area contributed by atoms with Gasteiger partial charge in [0.25, 0.3) is 0 Å². The van der Waals surface area contributed by atoms with Gasteiger partial charge in [0.2, 0.25) is 0 Å². The fraction of sp³-hybridized carbons (Fsp3) is 0.500. The van der Waals surface area contributed by atoms with Gasteiger partial charge < -0.3 is 24.9 Å². The summed E-state index contributed by atoms with van der Waals surface area (Å²) in [6, 6.07) is 11.7. The normalized spacial score (nSPS) is 16.9. The third kappa shape index (κ3) is 5.29. The van der Waals surface area contributed by atoms with E-state index in [-0.39, 0.29) is 6.54 Å². The van der Waals surface area contributed by atoms with E-state index in [9.17, 15) is 5.11 Å². The van der Waals surface area contributed by atoms with Crippen molar-refractivity contribution < 1.29 is 14.3 Å². The highest BCUT2D eigenvalue weighted by atomic mass is 16.5. The molecule has 0 saturated heterocycles. The van der Waals surface area contributed by atoms with Crippen molar-refractivity contribution in [2.24, 2.45) is 4.99 Å². The Bertz CT molecular complexity index is 794. The summed E-state index contributed by atoms with van der Waals surface area (Å²) < 4.78 is 11.7. The molecule has 6 heteroatoms. The van der Waals surface area contributed by atoms with Crippen LogP contribution in [0.1, 0.15) is 50.2 Å². The molecule has 0 amide bonds. The zero-order valence-electron chi connectivity index (χ0n) is 17.0. The van der Waals surface area contributed by atoms with Crippen LogP contribution in [-0.4, -0.2) is 30.3 Å². The second kappa shape index (κ2) is 9.15. The molecule has 0 spiro atoms. The van der Waals surface area contributed by atoms with Crippen molar-refractivity contribution in [2.45, 2.75) is 58.3 Å². The Morgan fingerprint density at radius 1 is 1.25 bits per heavy atom. The molecule has 1 aromatic heterocycles. The topological polar surface area (TPSA) is 79.0 Å². The maximum atomic E-state index is 10.7. The molecular weight excluding hydrogens is 354 g/mol. The summed E-state index contributed by atoms with van der Waals surface area (Å²) in [6.07, 6.45) is 3.84. The SMILES string of the molecule is CCNC(=NCc1ccccc1OC1CCC1)NCC(C)(O)c1ccc(C)o1. The van der Waals surface area contributed by atoms with E-state index in [0.29, 0.717) is 24.4 Å². The molecule has 3 N–H and O–H groups in total. The molecule has 1 atom stereocenters. The van der Waals surface area contributed by atoms with Crippen molar-refractivity contribution in [2.75, 3.05) is 13.1 Å². The Hall–Kier alpha value is -2.47. The van der Waals surface area contributed by atoms with Gasteiger partial charge in [-0.1, -0.05) is 18.2 Å². The number of ether oxygens (including phenoxy) is 1. The number of guanidine groups is 1. The minimum Gasteiger partial charge on any atom is -0.490 e. The Morgan fingerprint density at radius 3 is 2.68 bits per heavy atom. The second-order valence-corrected chi connectivity index (χ2v) is 7.51. The number of hydrogen-bond donors (Lipinski definition) is 3. The van der Waals surface area contributed by atoms with Gasteiger partial charge in [-0.05, 0) is 58.2 Å². The third-order valence-electron chi connectivity index (χ3n) is 4.94. The zero-order valence-corrected chi connectivity index (χ0v) is 17.0. The van der Waals surface area contributed by atoms with Crippen LogP contribution in [0, 0.1) is 6.92 Å². The van der Waals surface area contributed by atoms with Gasteiger partial charge in [0.05, 0.1) is 19.2 Å². The van der Waals surface area contributed by atoms with Crippen LogP contribution >= 0.6 is 0 Å². The highest BCUT2D eigenvalue weighted by Gasteiger charge is 2.27. The summed E-state index contributed by atoms with van der Waals surface area (Å²) in [6.45, 7) is 7.12. The third-order valence-corrected chi connectivity index (χ3v) is 4.94. The Kier molecular flexibility index (Phi) is 6.62. The summed E-state index contributed by atoms with van der Waals surface area (Å²) in [5.41, 5.74) is -0.0737. The van der Waals surface area contributed by atoms with E-state index in [1.165, 1.54) is 6.42 Å². The molecule has 1 aliphatic rings. The van der Waals surface area contributed by atoms with Crippen molar-refractivity contribution >= 4 is 5.96 Å². The molecule has 6 nitrogen and oxygen atoms in total. The molecule has 0 aliphatic heterocycles. The van der Waals surface area contributed by atoms with Crippen LogP contribution in [0.25, 0.3) is 0 Å². The maximum Gasteiger partial charge on any atom is 0.191 e. The largest absolute Gasteiger partial charge is 0.490 e. The Labute approximate surface area is 167 Å². The molecule has 1 aliphatic carbocycles. The monoisotopic (exact) mass is 385 g/mol. The lowest BCUT2D eigenvalue weighted by atomic mass is 9.96. The van der Waals surface area contributed by atoms with Crippen molar-refractivity contribution in [3.63, 3.8) is 0 Å². The molecule has 152 valence electrons. The quantitative estimate of drug-likeness (QED) is 0.479. The van der Waals surface area contributed by atoms with Gasteiger partial charge in [0, 0.05) is 12.1 Å². The number of para-hydroxylation sites is 1. The van der Waals surface area contributed by atoms with Crippen LogP contribution in [0.4, 0.5) is 0 Å². The fourth-order valence-electron chi connectivity index (χ4n) is 2.99. The van der Waals surface area contributed by atoms with Crippen LogP contribution in [-0.2, 0) is 12.1 Å². The van der Waals surface area contributed by atoms with E-state index in [1.807, 2.05) is 44.2 Å². The number of furan rings is 1. The predicted octanol–water partition coefficient (Wildman–Crippen LogP) is 3.48. The van der Waals surface area contributed by atoms with Gasteiger partial charge in [-0.25, -0.2) is 4.99 Å². The van der Waals surface area contributed by atoms with Crippen molar-refractivity contribution in [3.05, 3.63) is 53.5 Å². The van der Waals surface area contributed by atoms with E-state index in [0.717, 1.165) is 36.5 Å². The number of aliphatic imine (C=N–C) groups is 1. The first kappa shape index (κ1) is 20.3. The fourth-order valence-corrected chi connectivity index (χ4v) is 2.99. The van der Waals surface area contributed by atoms with Gasteiger partial charge in [-0.3, -0.25) is 0 Å². The van der Waals surface area contributed by atoms with Gasteiger partial charge >= 0.3 is 0 Å². The highest BCUT2D eigenvalue weighted by molar-refractivity contribution is 5.79. The lowest BCUT2D eigenvalue weighted by Gasteiger charge is -2.27. The lowest BCUT2D eigenvalue weighted by Crippen LogP contribution is -2.44. The van der Waals surface area contributed by atoms with Crippen LogP contribution in [0.15, 0.2) is 45.8 Å². The number of hydrogen-bond acceptors (Lipinski definition) is 4. The van der Waals surface area contributed by atoms with Crippen molar-refractivity contribution in [3.8, 4) is 5.75 Å². The van der Waals surface area contributed by atoms with Gasteiger partial charge in [0.15, 0.2) is 5.96 Å². The first-order valence-electron chi connectivity index (χ1n) is 10.0. The van der Waals surface area contributed by atoms with E-state index in [1.54, 1.807) is 13.0 Å². The number of aryl methyl sites for hydroxylation is 1. The molecule has 1 fully saturated rings. The lowest BCUT2D eigenvalue weighted by molar-refractivity contribution is 0.0378. The maximum absolute atomic E-state index is 10.7. The highest BCUT2D eigenvalue weighted by Crippen LogP contribution is 2.28. The number of nitrogens with one attached hydrogen (secondary N) is 2. The second-order valence-electron chi connectivity index (χ2n) is 7.51. The van der Waals surface area contributed by atoms with Crippen LogP contribution in [0.3, 0.4) is 0 Å². The Morgan fingerprint density at radius 2 is 2.04 bits per heavy atom. The first-order chi connectivity index (χ1) is 13.5. The van der Waals surface area contributed by atoms with E-state index >= 15 is 0 Å². The predicted molar refractivity (Wildman–Crippen MR) is 111 cm³/mol.